The lowest BCUT2D eigenvalue weighted by atomic mass is 9.89. The highest BCUT2D eigenvalue weighted by molar-refractivity contribution is 5.46. The molecule has 2 rings (SSSR count). The van der Waals surface area contributed by atoms with E-state index in [1.54, 1.807) is 0 Å². The van der Waals surface area contributed by atoms with Crippen LogP contribution in [-0.2, 0) is 0 Å². The highest BCUT2D eigenvalue weighted by atomic mass is 14.7. The molecular weight excluding hydrogens is 134 g/mol. The van der Waals surface area contributed by atoms with Crippen LogP contribution in [0.2, 0.25) is 0 Å². The Morgan fingerprint density at radius 1 is 1.36 bits per heavy atom. The third-order valence-electron chi connectivity index (χ3n) is 3.32. The Balaban J connectivity index is 1.92. The van der Waals surface area contributed by atoms with E-state index in [0.29, 0.717) is 0 Å². The molecule has 0 amide bonds. The zero-order chi connectivity index (χ0) is 7.68. The molecule has 11 heavy (non-hydrogen) atoms. The first kappa shape index (κ1) is 7.12. The van der Waals surface area contributed by atoms with E-state index < -0.39 is 0 Å². The lowest BCUT2D eigenvalue weighted by Crippen LogP contribution is -2.13. The van der Waals surface area contributed by atoms with Gasteiger partial charge in [0.15, 0.2) is 0 Å². The Morgan fingerprint density at radius 2 is 2.27 bits per heavy atom. The smallest absolute Gasteiger partial charge is 0.0514 e. The van der Waals surface area contributed by atoms with Crippen LogP contribution in [0.1, 0.15) is 25.7 Å². The standard InChI is InChI=1S/C10H15N/c1-2-11-7-10-6-8-3-4-9(10)5-8/h8-10H,1,3-7H2. The van der Waals surface area contributed by atoms with Gasteiger partial charge >= 0.3 is 0 Å². The first-order valence-corrected chi connectivity index (χ1v) is 4.58. The predicted molar refractivity (Wildman–Crippen MR) is 46.9 cm³/mol. The molecule has 0 radical (unpaired) electrons. The summed E-state index contributed by atoms with van der Waals surface area (Å²) in [6.45, 7) is 4.48. The second-order valence-electron chi connectivity index (χ2n) is 3.93. The Hall–Kier alpha value is -0.550. The van der Waals surface area contributed by atoms with Crippen LogP contribution in [-0.4, -0.2) is 12.4 Å². The average molecular weight is 149 g/mol. The van der Waals surface area contributed by atoms with Crippen molar-refractivity contribution < 1.29 is 0 Å². The van der Waals surface area contributed by atoms with Crippen LogP contribution in [0, 0.1) is 17.8 Å². The van der Waals surface area contributed by atoms with Gasteiger partial charge in [-0.3, -0.25) is 0 Å². The summed E-state index contributed by atoms with van der Waals surface area (Å²) in [6, 6.07) is 0. The molecule has 3 unspecified atom stereocenters. The van der Waals surface area contributed by atoms with E-state index in [-0.39, 0.29) is 0 Å². The molecule has 1 heteroatoms. The zero-order valence-electron chi connectivity index (χ0n) is 6.92. The predicted octanol–water partition coefficient (Wildman–Crippen LogP) is 2.28. The topological polar surface area (TPSA) is 12.4 Å². The summed E-state index contributed by atoms with van der Waals surface area (Å²) < 4.78 is 0. The van der Waals surface area contributed by atoms with Gasteiger partial charge in [-0.05, 0) is 49.5 Å². The van der Waals surface area contributed by atoms with Gasteiger partial charge in [0.2, 0.25) is 0 Å². The van der Waals surface area contributed by atoms with Crippen LogP contribution in [0.5, 0.6) is 0 Å². The molecule has 0 aliphatic heterocycles. The maximum Gasteiger partial charge on any atom is 0.0514 e. The maximum atomic E-state index is 4.11. The van der Waals surface area contributed by atoms with E-state index in [4.69, 9.17) is 0 Å². The van der Waals surface area contributed by atoms with Crippen LogP contribution in [0.3, 0.4) is 0 Å². The van der Waals surface area contributed by atoms with Crippen molar-refractivity contribution in [2.75, 3.05) is 6.54 Å². The summed E-state index contributed by atoms with van der Waals surface area (Å²) in [4.78, 5) is 4.11. The molecule has 2 fully saturated rings. The third kappa shape index (κ3) is 1.25. The molecule has 0 aromatic carbocycles. The van der Waals surface area contributed by atoms with Gasteiger partial charge in [0, 0.05) is 0 Å². The van der Waals surface area contributed by atoms with Crippen LogP contribution in [0.15, 0.2) is 11.6 Å². The van der Waals surface area contributed by atoms with E-state index >= 15 is 0 Å². The lowest BCUT2D eigenvalue weighted by Gasteiger charge is -2.18. The Labute approximate surface area is 68.2 Å². The van der Waals surface area contributed by atoms with Crippen molar-refractivity contribution in [1.29, 1.82) is 0 Å². The third-order valence-corrected chi connectivity index (χ3v) is 3.32. The Morgan fingerprint density at radius 3 is 2.82 bits per heavy atom. The monoisotopic (exact) mass is 149 g/mol. The highest BCUT2D eigenvalue weighted by Crippen LogP contribution is 2.48. The molecule has 1 nitrogen and oxygen atoms in total. The quantitative estimate of drug-likeness (QED) is 0.534. The number of aliphatic imine (C=N–C) groups is 1. The molecule has 0 spiro atoms. The lowest BCUT2D eigenvalue weighted by molar-refractivity contribution is 0.342. The van der Waals surface area contributed by atoms with Gasteiger partial charge in [-0.2, -0.15) is 0 Å². The first-order valence-electron chi connectivity index (χ1n) is 4.58. The summed E-state index contributed by atoms with van der Waals surface area (Å²) >= 11 is 0. The SMILES string of the molecule is C=C=NCC1CC2CCC1C2. The molecule has 0 N–H and O–H groups in total. The normalized spacial score (nSPS) is 40.5. The summed E-state index contributed by atoms with van der Waals surface area (Å²) in [5.41, 5.74) is 0. The van der Waals surface area contributed by atoms with Crippen LogP contribution >= 0.6 is 0 Å². The summed E-state index contributed by atoms with van der Waals surface area (Å²) in [5.74, 6) is 5.55. The number of nitrogens with zero attached hydrogens (tertiary/aromatic N) is 1. The van der Waals surface area contributed by atoms with Gasteiger partial charge in [0.25, 0.3) is 0 Å². The molecule has 0 saturated heterocycles. The van der Waals surface area contributed by atoms with Gasteiger partial charge in [-0.25, -0.2) is 4.99 Å². The zero-order valence-corrected chi connectivity index (χ0v) is 6.92. The summed E-state index contributed by atoms with van der Waals surface area (Å²) in [5, 5.41) is 0. The minimum Gasteiger partial charge on any atom is -0.243 e. The minimum atomic E-state index is 0.878. The van der Waals surface area contributed by atoms with E-state index in [0.717, 1.165) is 24.3 Å². The second kappa shape index (κ2) is 2.83. The van der Waals surface area contributed by atoms with Crippen molar-refractivity contribution in [1.82, 2.24) is 0 Å². The molecule has 60 valence electrons. The van der Waals surface area contributed by atoms with Gasteiger partial charge < -0.3 is 0 Å². The molecule has 0 aromatic rings. The van der Waals surface area contributed by atoms with Gasteiger partial charge in [0.1, 0.15) is 0 Å². The van der Waals surface area contributed by atoms with E-state index in [9.17, 15) is 0 Å². The number of fused-ring (bicyclic) bond motifs is 2. The second-order valence-corrected chi connectivity index (χ2v) is 3.93. The largest absolute Gasteiger partial charge is 0.243 e. The average Bonchev–Trinajstić information content (AvgIpc) is 2.60. The van der Waals surface area contributed by atoms with Gasteiger partial charge in [-0.1, -0.05) is 6.42 Å². The van der Waals surface area contributed by atoms with Crippen molar-refractivity contribution in [3.8, 4) is 0 Å². The first-order chi connectivity index (χ1) is 5.40. The van der Waals surface area contributed by atoms with Crippen molar-refractivity contribution in [2.24, 2.45) is 22.7 Å². The maximum absolute atomic E-state index is 4.11. The molecular formula is C10H15N. The fraction of sp³-hybridized carbons (Fsp3) is 0.800. The Bertz CT molecular complexity index is 191. The molecule has 2 saturated carbocycles. The molecule has 0 aromatic heterocycles. The number of hydrogen-bond acceptors (Lipinski definition) is 1. The van der Waals surface area contributed by atoms with Crippen LogP contribution in [0.25, 0.3) is 0 Å². The number of hydrogen-bond donors (Lipinski definition) is 0. The van der Waals surface area contributed by atoms with Gasteiger partial charge in [0.05, 0.1) is 6.54 Å². The van der Waals surface area contributed by atoms with Gasteiger partial charge in [-0.15, -0.1) is 0 Å². The fourth-order valence-electron chi connectivity index (χ4n) is 2.78. The van der Waals surface area contributed by atoms with Crippen LogP contribution < -0.4 is 0 Å². The van der Waals surface area contributed by atoms with Crippen molar-refractivity contribution in [3.05, 3.63) is 6.58 Å². The van der Waals surface area contributed by atoms with Crippen molar-refractivity contribution in [2.45, 2.75) is 25.7 Å². The minimum absolute atomic E-state index is 0.878. The fourth-order valence-corrected chi connectivity index (χ4v) is 2.78. The molecule has 2 aliphatic rings. The van der Waals surface area contributed by atoms with E-state index in [2.05, 4.69) is 17.4 Å². The molecule has 3 atom stereocenters. The molecule has 0 heterocycles. The van der Waals surface area contributed by atoms with E-state index in [1.807, 2.05) is 0 Å². The highest BCUT2D eigenvalue weighted by Gasteiger charge is 2.38. The van der Waals surface area contributed by atoms with E-state index in [1.165, 1.54) is 25.7 Å². The van der Waals surface area contributed by atoms with Crippen molar-refractivity contribution in [3.63, 3.8) is 0 Å². The molecule has 2 aliphatic carbocycles. The van der Waals surface area contributed by atoms with Crippen LogP contribution in [0.4, 0.5) is 0 Å². The molecule has 2 bridgehead atoms. The summed E-state index contributed by atoms with van der Waals surface area (Å²) in [7, 11) is 0. The van der Waals surface area contributed by atoms with Crippen molar-refractivity contribution >= 4 is 5.87 Å². The number of rotatable bonds is 2. The summed E-state index contributed by atoms with van der Waals surface area (Å²) in [6.07, 6.45) is 5.86. The Kier molecular flexibility index (Phi) is 1.83.